The number of carbonyl (C=O) groups is 8. The van der Waals surface area contributed by atoms with Crippen LogP contribution in [0.3, 0.4) is 0 Å². The highest BCUT2D eigenvalue weighted by Gasteiger charge is 2.36. The van der Waals surface area contributed by atoms with Gasteiger partial charge >= 0.3 is 0 Å². The number of unbranched alkanes of at least 4 members (excludes halogenated alkanes) is 1. The van der Waals surface area contributed by atoms with Crippen LogP contribution in [-0.4, -0.2) is 130 Å². The van der Waals surface area contributed by atoms with E-state index < -0.39 is 102 Å². The number of aliphatic hydroxyl groups is 1. The van der Waals surface area contributed by atoms with Crippen molar-refractivity contribution < 1.29 is 43.5 Å². The zero-order valence-electron chi connectivity index (χ0n) is 42.1. The molecule has 5 aromatic rings. The molecule has 1 aliphatic rings. The molecule has 6 rings (SSSR count). The van der Waals surface area contributed by atoms with Gasteiger partial charge in [-0.1, -0.05) is 131 Å². The van der Waals surface area contributed by atoms with E-state index in [0.717, 1.165) is 32.5 Å². The molecule has 2 unspecified atom stereocenters. The predicted octanol–water partition coefficient (Wildman–Crippen LogP) is 0.550. The van der Waals surface area contributed by atoms with Crippen LogP contribution in [0.15, 0.2) is 121 Å². The van der Waals surface area contributed by atoms with Crippen molar-refractivity contribution in [3.05, 3.63) is 144 Å². The third-order valence-electron chi connectivity index (χ3n) is 12.7. The average molecular weight is 1080 g/mol. The zero-order valence-corrected chi connectivity index (χ0v) is 43.7. The second-order valence-corrected chi connectivity index (χ2v) is 21.1. The lowest BCUT2D eigenvalue weighted by Crippen LogP contribution is -2.62. The van der Waals surface area contributed by atoms with Crippen molar-refractivity contribution in [1.82, 2.24) is 42.2 Å². The van der Waals surface area contributed by atoms with E-state index in [1.807, 2.05) is 24.3 Å². The summed E-state index contributed by atoms with van der Waals surface area (Å²) < 4.78 is 0. The molecule has 404 valence electrons. The first-order valence-corrected chi connectivity index (χ1v) is 27.6. The topological polar surface area (TPSA) is 335 Å². The SMILES string of the molecule is C[C@@H](O)[C@@H]1NC(=O)[C@H](CCCCN)NC(=O)C(Cc2c[nH]c3ccccc23)NC(=O)[C@H](Cc2ccccc2)NC(=O)[C@H](Cc2ccccc2)NC(=O)[C@H](N)CSSC[C@@H](C(N)=O)NC(=O)C(Cc2ccccc2)NC1=O. The fraction of sp³-hybridized carbons (Fsp3) is 0.370. The standard InChI is InChI=1S/C54H67N11O9S2/c1-32(66)46-54(74)63-43(27-35-19-9-4-10-20-35)52(72)64-45(47(57)67)31-76-75-30-38(56)48(68)60-41(25-33-15-5-2-6-16-33)50(70)61-42(26-34-17-7-3-8-18-34)51(71)62-44(28-36-29-58-39-22-12-11-21-37(36)39)53(73)59-40(49(69)65-46)23-13-14-24-55/h2-12,15-22,29,32,38,40-46,58,66H,13-14,23-28,30-31,55-56H2,1H3,(H2,57,67)(H,59,73)(H,60,68)(H,61,70)(H,62,71)(H,63,74)(H,64,72)(H,65,69)/t32-,38-,40+,41+,42+,43?,44?,45+,46+/m1/s1. The molecule has 9 atom stereocenters. The van der Waals surface area contributed by atoms with Gasteiger partial charge in [-0.25, -0.2) is 0 Å². The highest BCUT2D eigenvalue weighted by atomic mass is 33.1. The second kappa shape index (κ2) is 29.2. The number of hydrogen-bond donors (Lipinski definition) is 12. The number of benzene rings is 4. The maximum Gasteiger partial charge on any atom is 0.245 e. The lowest BCUT2D eigenvalue weighted by atomic mass is 10.00. The lowest BCUT2D eigenvalue weighted by Gasteiger charge is -2.29. The molecule has 0 aliphatic carbocycles. The molecular weight excluding hydrogens is 1010 g/mol. The van der Waals surface area contributed by atoms with Crippen molar-refractivity contribution in [1.29, 1.82) is 0 Å². The largest absolute Gasteiger partial charge is 0.391 e. The van der Waals surface area contributed by atoms with Crippen LogP contribution in [0, 0.1) is 0 Å². The van der Waals surface area contributed by atoms with Crippen LogP contribution in [0.5, 0.6) is 0 Å². The van der Waals surface area contributed by atoms with Gasteiger partial charge in [-0.3, -0.25) is 38.4 Å². The number of para-hydroxylation sites is 1. The molecular formula is C54H67N11O9S2. The van der Waals surface area contributed by atoms with Gasteiger partial charge in [-0.05, 0) is 61.1 Å². The van der Waals surface area contributed by atoms with Crippen LogP contribution >= 0.6 is 21.6 Å². The number of H-pyrrole nitrogens is 1. The van der Waals surface area contributed by atoms with Crippen LogP contribution in [0.2, 0.25) is 0 Å². The first-order valence-electron chi connectivity index (χ1n) is 25.1. The number of rotatable bonds is 14. The molecule has 1 aliphatic heterocycles. The number of fused-ring (bicyclic) bond motifs is 1. The minimum absolute atomic E-state index is 0.00747. The predicted molar refractivity (Wildman–Crippen MR) is 293 cm³/mol. The van der Waals surface area contributed by atoms with Gasteiger partial charge in [-0.15, -0.1) is 0 Å². The highest BCUT2D eigenvalue weighted by Crippen LogP contribution is 2.23. The summed E-state index contributed by atoms with van der Waals surface area (Å²) in [5.41, 5.74) is 21.4. The molecule has 4 aromatic carbocycles. The number of aromatic nitrogens is 1. The van der Waals surface area contributed by atoms with E-state index in [1.165, 1.54) is 6.92 Å². The Kier molecular flexibility index (Phi) is 22.3. The number of nitrogens with two attached hydrogens (primary N) is 3. The molecule has 1 fully saturated rings. The molecule has 0 bridgehead atoms. The summed E-state index contributed by atoms with van der Waals surface area (Å²) in [6.07, 6.45) is 0.790. The smallest absolute Gasteiger partial charge is 0.245 e. The molecule has 76 heavy (non-hydrogen) atoms. The van der Waals surface area contributed by atoms with E-state index in [0.29, 0.717) is 35.1 Å². The molecule has 0 radical (unpaired) electrons. The van der Waals surface area contributed by atoms with Crippen molar-refractivity contribution in [2.45, 2.75) is 106 Å². The van der Waals surface area contributed by atoms with Gasteiger partial charge < -0.3 is 64.5 Å². The Balaban J connectivity index is 1.39. The van der Waals surface area contributed by atoms with Crippen molar-refractivity contribution in [2.24, 2.45) is 17.2 Å². The monoisotopic (exact) mass is 1080 g/mol. The van der Waals surface area contributed by atoms with Crippen molar-refractivity contribution in [2.75, 3.05) is 18.1 Å². The highest BCUT2D eigenvalue weighted by molar-refractivity contribution is 8.76. The summed E-state index contributed by atoms with van der Waals surface area (Å²) in [5, 5.41) is 30.9. The normalized spacial score (nSPS) is 23.7. The first-order chi connectivity index (χ1) is 36.6. The molecule has 1 aromatic heterocycles. The summed E-state index contributed by atoms with van der Waals surface area (Å²) in [5.74, 6) is -6.57. The molecule has 2 heterocycles. The summed E-state index contributed by atoms with van der Waals surface area (Å²) in [7, 11) is 2.21. The second-order valence-electron chi connectivity index (χ2n) is 18.6. The Morgan fingerprint density at radius 1 is 0.553 bits per heavy atom. The molecule has 22 heteroatoms. The molecule has 0 spiro atoms. The Morgan fingerprint density at radius 3 is 1.50 bits per heavy atom. The van der Waals surface area contributed by atoms with E-state index in [2.05, 4.69) is 42.2 Å². The van der Waals surface area contributed by atoms with Crippen LogP contribution in [0.4, 0.5) is 0 Å². The van der Waals surface area contributed by atoms with Crippen molar-refractivity contribution in [3.63, 3.8) is 0 Å². The van der Waals surface area contributed by atoms with Gasteiger partial charge in [0.1, 0.15) is 42.3 Å². The van der Waals surface area contributed by atoms with Crippen LogP contribution in [0.25, 0.3) is 10.9 Å². The zero-order chi connectivity index (χ0) is 54.6. The summed E-state index contributed by atoms with van der Waals surface area (Å²) in [4.78, 5) is 117. The summed E-state index contributed by atoms with van der Waals surface area (Å²) >= 11 is 0. The van der Waals surface area contributed by atoms with E-state index in [-0.39, 0.29) is 50.2 Å². The van der Waals surface area contributed by atoms with Crippen LogP contribution < -0.4 is 54.4 Å². The summed E-state index contributed by atoms with van der Waals surface area (Å²) in [6, 6.07) is 23.1. The van der Waals surface area contributed by atoms with E-state index in [4.69, 9.17) is 17.2 Å². The Labute approximate surface area is 448 Å². The number of carbonyl (C=O) groups excluding carboxylic acids is 8. The number of primary amides is 1. The van der Waals surface area contributed by atoms with Gasteiger partial charge in [0, 0.05) is 54.3 Å². The number of amides is 8. The quantitative estimate of drug-likeness (QED) is 0.0535. The third-order valence-corrected chi connectivity index (χ3v) is 15.1. The average Bonchev–Trinajstić information content (AvgIpc) is 3.82. The van der Waals surface area contributed by atoms with Crippen molar-refractivity contribution >= 4 is 79.7 Å². The van der Waals surface area contributed by atoms with Gasteiger partial charge in [0.15, 0.2) is 0 Å². The van der Waals surface area contributed by atoms with E-state index >= 15 is 0 Å². The fourth-order valence-electron chi connectivity index (χ4n) is 8.47. The molecule has 0 saturated carbocycles. The number of hydrogen-bond acceptors (Lipinski definition) is 13. The first kappa shape index (κ1) is 58.0. The van der Waals surface area contributed by atoms with Crippen LogP contribution in [0.1, 0.15) is 48.4 Å². The lowest BCUT2D eigenvalue weighted by molar-refractivity contribution is -0.137. The number of aliphatic hydroxyl groups excluding tert-OH is 1. The Hall–Kier alpha value is -7.24. The number of aromatic amines is 1. The molecule has 1 saturated heterocycles. The van der Waals surface area contributed by atoms with Crippen LogP contribution in [-0.2, 0) is 64.0 Å². The fourth-order valence-corrected chi connectivity index (χ4v) is 10.8. The molecule has 15 N–H and O–H groups in total. The Morgan fingerprint density at radius 2 is 0.987 bits per heavy atom. The Bertz CT molecular complexity index is 2750. The molecule has 8 amide bonds. The maximum absolute atomic E-state index is 14.8. The number of nitrogens with one attached hydrogen (secondary N) is 8. The van der Waals surface area contributed by atoms with Crippen molar-refractivity contribution in [3.8, 4) is 0 Å². The van der Waals surface area contributed by atoms with E-state index in [1.54, 1.807) is 97.2 Å². The minimum atomic E-state index is -1.67. The summed E-state index contributed by atoms with van der Waals surface area (Å²) in [6.45, 7) is 1.53. The van der Waals surface area contributed by atoms with Gasteiger partial charge in [0.25, 0.3) is 0 Å². The van der Waals surface area contributed by atoms with Gasteiger partial charge in [0.05, 0.1) is 12.1 Å². The van der Waals surface area contributed by atoms with Gasteiger partial charge in [-0.2, -0.15) is 0 Å². The van der Waals surface area contributed by atoms with Gasteiger partial charge in [0.2, 0.25) is 47.3 Å². The third kappa shape index (κ3) is 17.4. The van der Waals surface area contributed by atoms with E-state index in [9.17, 15) is 43.5 Å². The minimum Gasteiger partial charge on any atom is -0.391 e. The maximum atomic E-state index is 14.8. The molecule has 20 nitrogen and oxygen atoms in total.